The van der Waals surface area contributed by atoms with E-state index in [-0.39, 0.29) is 0 Å². The molecular weight excluding hydrogens is 212 g/mol. The summed E-state index contributed by atoms with van der Waals surface area (Å²) in [6.45, 7) is 8.59. The summed E-state index contributed by atoms with van der Waals surface area (Å²) in [7, 11) is 0. The van der Waals surface area contributed by atoms with Gasteiger partial charge in [-0.05, 0) is 33.1 Å². The standard InChI is InChI=1S/C13H24N4/c1-4-12-9-16(5-2)13(15-12)17-7-6-11(14)8-10(17)3/h9-11H,4-8,14H2,1-3H3. The van der Waals surface area contributed by atoms with Gasteiger partial charge in [-0.15, -0.1) is 0 Å². The Morgan fingerprint density at radius 3 is 2.82 bits per heavy atom. The molecule has 4 nitrogen and oxygen atoms in total. The van der Waals surface area contributed by atoms with Crippen LogP contribution in [0.3, 0.4) is 0 Å². The van der Waals surface area contributed by atoms with Crippen LogP contribution in [-0.2, 0) is 13.0 Å². The summed E-state index contributed by atoms with van der Waals surface area (Å²) in [6, 6.07) is 0.855. The molecule has 0 amide bonds. The normalized spacial score (nSPS) is 25.3. The predicted molar refractivity (Wildman–Crippen MR) is 71.3 cm³/mol. The molecule has 2 rings (SSSR count). The Hall–Kier alpha value is -1.03. The molecule has 4 heteroatoms. The lowest BCUT2D eigenvalue weighted by Crippen LogP contribution is -2.46. The van der Waals surface area contributed by atoms with Crippen LogP contribution in [0, 0.1) is 0 Å². The molecule has 2 atom stereocenters. The molecule has 0 bridgehead atoms. The van der Waals surface area contributed by atoms with Crippen molar-refractivity contribution in [3.05, 3.63) is 11.9 Å². The number of rotatable bonds is 3. The highest BCUT2D eigenvalue weighted by molar-refractivity contribution is 5.36. The molecule has 96 valence electrons. The van der Waals surface area contributed by atoms with Gasteiger partial charge in [0.2, 0.25) is 5.95 Å². The van der Waals surface area contributed by atoms with Crippen LogP contribution in [-0.4, -0.2) is 28.2 Å². The van der Waals surface area contributed by atoms with Crippen LogP contribution in [0.5, 0.6) is 0 Å². The molecule has 2 N–H and O–H groups in total. The van der Waals surface area contributed by atoms with Crippen LogP contribution in [0.1, 0.15) is 39.3 Å². The highest BCUT2D eigenvalue weighted by atomic mass is 15.3. The molecular formula is C13H24N4. The molecule has 0 aromatic carbocycles. The van der Waals surface area contributed by atoms with E-state index in [9.17, 15) is 0 Å². The number of nitrogens with zero attached hydrogens (tertiary/aromatic N) is 3. The Balaban J connectivity index is 2.23. The van der Waals surface area contributed by atoms with E-state index in [0.29, 0.717) is 12.1 Å². The molecule has 2 unspecified atom stereocenters. The smallest absolute Gasteiger partial charge is 0.205 e. The Morgan fingerprint density at radius 2 is 2.24 bits per heavy atom. The fraction of sp³-hybridized carbons (Fsp3) is 0.769. The maximum absolute atomic E-state index is 6.01. The number of aromatic nitrogens is 2. The van der Waals surface area contributed by atoms with E-state index in [2.05, 4.69) is 36.4 Å². The first-order valence-corrected chi connectivity index (χ1v) is 6.74. The number of hydrogen-bond donors (Lipinski definition) is 1. The van der Waals surface area contributed by atoms with Gasteiger partial charge in [-0.2, -0.15) is 0 Å². The maximum Gasteiger partial charge on any atom is 0.205 e. The molecule has 0 spiro atoms. The lowest BCUT2D eigenvalue weighted by molar-refractivity contribution is 0.420. The fourth-order valence-corrected chi connectivity index (χ4v) is 2.60. The quantitative estimate of drug-likeness (QED) is 0.870. The Bertz CT molecular complexity index is 371. The van der Waals surface area contributed by atoms with Crippen molar-refractivity contribution in [1.82, 2.24) is 9.55 Å². The lowest BCUT2D eigenvalue weighted by atomic mass is 10.00. The zero-order valence-corrected chi connectivity index (χ0v) is 11.2. The van der Waals surface area contributed by atoms with E-state index in [4.69, 9.17) is 10.7 Å². The zero-order chi connectivity index (χ0) is 12.4. The lowest BCUT2D eigenvalue weighted by Gasteiger charge is -2.37. The van der Waals surface area contributed by atoms with Crippen molar-refractivity contribution in [2.75, 3.05) is 11.4 Å². The van der Waals surface area contributed by atoms with E-state index in [0.717, 1.165) is 38.3 Å². The minimum atomic E-state index is 0.358. The van der Waals surface area contributed by atoms with Crippen molar-refractivity contribution < 1.29 is 0 Å². The van der Waals surface area contributed by atoms with Gasteiger partial charge in [-0.1, -0.05) is 6.92 Å². The third kappa shape index (κ3) is 2.46. The summed E-state index contributed by atoms with van der Waals surface area (Å²) in [5.41, 5.74) is 7.20. The third-order valence-corrected chi connectivity index (χ3v) is 3.68. The van der Waals surface area contributed by atoms with E-state index in [1.807, 2.05) is 0 Å². The molecule has 1 aromatic heterocycles. The van der Waals surface area contributed by atoms with Crippen LogP contribution < -0.4 is 10.6 Å². The minimum Gasteiger partial charge on any atom is -0.339 e. The molecule has 1 saturated heterocycles. The largest absolute Gasteiger partial charge is 0.339 e. The van der Waals surface area contributed by atoms with Crippen molar-refractivity contribution in [3.8, 4) is 0 Å². The number of nitrogens with two attached hydrogens (primary N) is 1. The molecule has 2 heterocycles. The first-order chi connectivity index (χ1) is 8.15. The SMILES string of the molecule is CCc1cn(CC)c(N2CCC(N)CC2C)n1. The van der Waals surface area contributed by atoms with Gasteiger partial charge in [-0.25, -0.2) is 4.98 Å². The van der Waals surface area contributed by atoms with Gasteiger partial charge in [0, 0.05) is 31.4 Å². The van der Waals surface area contributed by atoms with Crippen LogP contribution >= 0.6 is 0 Å². The zero-order valence-electron chi connectivity index (χ0n) is 11.2. The van der Waals surface area contributed by atoms with Gasteiger partial charge >= 0.3 is 0 Å². The van der Waals surface area contributed by atoms with Crippen molar-refractivity contribution in [3.63, 3.8) is 0 Å². The van der Waals surface area contributed by atoms with E-state index in [1.54, 1.807) is 0 Å². The molecule has 1 aliphatic heterocycles. The summed E-state index contributed by atoms with van der Waals surface area (Å²) in [4.78, 5) is 7.16. The summed E-state index contributed by atoms with van der Waals surface area (Å²) in [6.07, 6.45) is 5.32. The molecule has 17 heavy (non-hydrogen) atoms. The van der Waals surface area contributed by atoms with E-state index < -0.39 is 0 Å². The minimum absolute atomic E-state index is 0.358. The molecule has 0 aliphatic carbocycles. The average Bonchev–Trinajstić information content (AvgIpc) is 2.72. The molecule has 1 aliphatic rings. The average molecular weight is 236 g/mol. The third-order valence-electron chi connectivity index (χ3n) is 3.68. The van der Waals surface area contributed by atoms with Gasteiger partial charge in [-0.3, -0.25) is 0 Å². The Kier molecular flexibility index (Phi) is 3.72. The van der Waals surface area contributed by atoms with Crippen molar-refractivity contribution >= 4 is 5.95 Å². The number of anilines is 1. The number of aryl methyl sites for hydroxylation is 2. The number of piperidine rings is 1. The summed E-state index contributed by atoms with van der Waals surface area (Å²) in [5, 5.41) is 0. The summed E-state index contributed by atoms with van der Waals surface area (Å²) >= 11 is 0. The van der Waals surface area contributed by atoms with Gasteiger partial charge in [0.25, 0.3) is 0 Å². The van der Waals surface area contributed by atoms with Crippen LogP contribution in [0.25, 0.3) is 0 Å². The molecule has 1 fully saturated rings. The predicted octanol–water partition coefficient (Wildman–Crippen LogP) is 1.78. The molecule has 0 radical (unpaired) electrons. The number of hydrogen-bond acceptors (Lipinski definition) is 3. The highest BCUT2D eigenvalue weighted by Crippen LogP contribution is 2.24. The second-order valence-corrected chi connectivity index (χ2v) is 5.00. The van der Waals surface area contributed by atoms with Crippen molar-refractivity contribution in [2.24, 2.45) is 5.73 Å². The van der Waals surface area contributed by atoms with Crippen LogP contribution in [0.15, 0.2) is 6.20 Å². The van der Waals surface area contributed by atoms with Gasteiger partial charge in [0.05, 0.1) is 5.69 Å². The Morgan fingerprint density at radius 1 is 1.47 bits per heavy atom. The van der Waals surface area contributed by atoms with Crippen LogP contribution in [0.4, 0.5) is 5.95 Å². The van der Waals surface area contributed by atoms with Crippen LogP contribution in [0.2, 0.25) is 0 Å². The van der Waals surface area contributed by atoms with Gasteiger partial charge in [0.15, 0.2) is 0 Å². The molecule has 1 aromatic rings. The van der Waals surface area contributed by atoms with E-state index >= 15 is 0 Å². The Labute approximate surface area is 104 Å². The second kappa shape index (κ2) is 5.08. The monoisotopic (exact) mass is 236 g/mol. The highest BCUT2D eigenvalue weighted by Gasteiger charge is 2.26. The number of imidazole rings is 1. The van der Waals surface area contributed by atoms with Crippen molar-refractivity contribution in [2.45, 2.75) is 58.7 Å². The first kappa shape index (κ1) is 12.4. The molecule has 0 saturated carbocycles. The first-order valence-electron chi connectivity index (χ1n) is 6.74. The topological polar surface area (TPSA) is 47.1 Å². The maximum atomic E-state index is 6.01. The summed E-state index contributed by atoms with van der Waals surface area (Å²) in [5.74, 6) is 1.13. The van der Waals surface area contributed by atoms with E-state index in [1.165, 1.54) is 5.69 Å². The van der Waals surface area contributed by atoms with Gasteiger partial charge < -0.3 is 15.2 Å². The second-order valence-electron chi connectivity index (χ2n) is 5.00. The van der Waals surface area contributed by atoms with Crippen molar-refractivity contribution in [1.29, 1.82) is 0 Å². The van der Waals surface area contributed by atoms with Gasteiger partial charge in [0.1, 0.15) is 0 Å². The fourth-order valence-electron chi connectivity index (χ4n) is 2.60. The summed E-state index contributed by atoms with van der Waals surface area (Å²) < 4.78 is 2.26.